The Kier molecular flexibility index (Phi) is 3.73. The topological polar surface area (TPSA) is 58.6 Å². The third kappa shape index (κ3) is 2.91. The van der Waals surface area contributed by atoms with Crippen LogP contribution in [-0.2, 0) is 14.3 Å². The van der Waals surface area contributed by atoms with E-state index in [9.17, 15) is 9.59 Å². The fourth-order valence-electron chi connectivity index (χ4n) is 3.15. The van der Waals surface area contributed by atoms with Gasteiger partial charge in [0.25, 0.3) is 0 Å². The molecule has 2 unspecified atom stereocenters. The van der Waals surface area contributed by atoms with Gasteiger partial charge in [-0.25, -0.2) is 0 Å². The molecule has 1 N–H and O–H groups in total. The lowest BCUT2D eigenvalue weighted by molar-refractivity contribution is -0.138. The largest absolute Gasteiger partial charge is 0.378 e. The number of carbonyl (C=O) groups excluding carboxylic acids is 2. The van der Waals surface area contributed by atoms with E-state index < -0.39 is 0 Å². The first-order valence-corrected chi connectivity index (χ1v) is 7.42. The summed E-state index contributed by atoms with van der Waals surface area (Å²) in [7, 11) is 0. The quantitative estimate of drug-likeness (QED) is 0.811. The van der Waals surface area contributed by atoms with Crippen LogP contribution in [0.5, 0.6) is 0 Å². The highest BCUT2D eigenvalue weighted by molar-refractivity contribution is 5.92. The van der Waals surface area contributed by atoms with Gasteiger partial charge < -0.3 is 15.0 Å². The highest BCUT2D eigenvalue weighted by Crippen LogP contribution is 2.40. The number of amides is 2. The first-order valence-electron chi connectivity index (χ1n) is 7.42. The number of hydrogen-bond acceptors (Lipinski definition) is 3. The van der Waals surface area contributed by atoms with E-state index in [1.165, 1.54) is 12.8 Å². The van der Waals surface area contributed by atoms with Crippen molar-refractivity contribution in [1.29, 1.82) is 0 Å². The average Bonchev–Trinajstić information content (AvgIpc) is 3.09. The number of nitrogens with zero attached hydrogens (tertiary/aromatic N) is 1. The van der Waals surface area contributed by atoms with Crippen molar-refractivity contribution in [3.63, 3.8) is 0 Å². The SMILES string of the molecule is O=C(NC1CCCC1)C1CC1C(=O)N1CCOCC1. The molecular weight excluding hydrogens is 244 g/mol. The van der Waals surface area contributed by atoms with Gasteiger partial charge in [-0.1, -0.05) is 12.8 Å². The molecule has 0 radical (unpaired) electrons. The number of morpholine rings is 1. The molecule has 1 heterocycles. The maximum absolute atomic E-state index is 12.2. The number of carbonyl (C=O) groups is 2. The van der Waals surface area contributed by atoms with Crippen LogP contribution in [0.3, 0.4) is 0 Å². The minimum Gasteiger partial charge on any atom is -0.378 e. The van der Waals surface area contributed by atoms with Gasteiger partial charge in [0, 0.05) is 19.1 Å². The fraction of sp³-hybridized carbons (Fsp3) is 0.857. The van der Waals surface area contributed by atoms with Crippen molar-refractivity contribution in [3.8, 4) is 0 Å². The lowest BCUT2D eigenvalue weighted by atomic mass is 10.2. The zero-order valence-electron chi connectivity index (χ0n) is 11.3. The standard InChI is InChI=1S/C14H22N2O3/c17-13(15-10-3-1-2-4-10)11-9-12(11)14(18)16-5-7-19-8-6-16/h10-12H,1-9H2,(H,15,17). The maximum atomic E-state index is 12.2. The van der Waals surface area contributed by atoms with Crippen molar-refractivity contribution in [3.05, 3.63) is 0 Å². The van der Waals surface area contributed by atoms with E-state index in [0.29, 0.717) is 32.3 Å². The summed E-state index contributed by atoms with van der Waals surface area (Å²) in [6.07, 6.45) is 5.35. The van der Waals surface area contributed by atoms with E-state index in [4.69, 9.17) is 4.74 Å². The number of hydrogen-bond donors (Lipinski definition) is 1. The first kappa shape index (κ1) is 12.9. The van der Waals surface area contributed by atoms with Crippen molar-refractivity contribution in [2.24, 2.45) is 11.8 Å². The van der Waals surface area contributed by atoms with Crippen LogP contribution in [0.2, 0.25) is 0 Å². The Morgan fingerprint density at radius 2 is 1.74 bits per heavy atom. The van der Waals surface area contributed by atoms with E-state index in [0.717, 1.165) is 19.3 Å². The predicted molar refractivity (Wildman–Crippen MR) is 69.4 cm³/mol. The van der Waals surface area contributed by atoms with Crippen molar-refractivity contribution < 1.29 is 14.3 Å². The first-order chi connectivity index (χ1) is 9.25. The van der Waals surface area contributed by atoms with E-state index in [1.807, 2.05) is 4.90 Å². The molecule has 2 atom stereocenters. The Hall–Kier alpha value is -1.10. The zero-order chi connectivity index (χ0) is 13.2. The monoisotopic (exact) mass is 266 g/mol. The third-order valence-corrected chi connectivity index (χ3v) is 4.47. The minimum atomic E-state index is -0.0732. The van der Waals surface area contributed by atoms with Gasteiger partial charge >= 0.3 is 0 Å². The zero-order valence-corrected chi connectivity index (χ0v) is 11.3. The summed E-state index contributed by atoms with van der Waals surface area (Å²) in [5, 5.41) is 3.09. The van der Waals surface area contributed by atoms with Crippen LogP contribution < -0.4 is 5.32 Å². The normalized spacial score (nSPS) is 31.3. The van der Waals surface area contributed by atoms with Crippen LogP contribution in [0.15, 0.2) is 0 Å². The number of ether oxygens (including phenoxy) is 1. The molecule has 2 saturated carbocycles. The number of rotatable bonds is 3. The molecule has 0 aromatic carbocycles. The molecular formula is C14H22N2O3. The highest BCUT2D eigenvalue weighted by atomic mass is 16.5. The molecule has 2 aliphatic carbocycles. The van der Waals surface area contributed by atoms with Crippen LogP contribution in [0, 0.1) is 11.8 Å². The molecule has 3 fully saturated rings. The molecule has 19 heavy (non-hydrogen) atoms. The third-order valence-electron chi connectivity index (χ3n) is 4.47. The van der Waals surface area contributed by atoms with Crippen LogP contribution >= 0.6 is 0 Å². The molecule has 5 heteroatoms. The molecule has 1 saturated heterocycles. The number of nitrogens with one attached hydrogen (secondary N) is 1. The summed E-state index contributed by atoms with van der Waals surface area (Å²) in [6, 6.07) is 0.354. The Labute approximate surface area is 113 Å². The van der Waals surface area contributed by atoms with Crippen LogP contribution in [-0.4, -0.2) is 49.1 Å². The molecule has 3 rings (SSSR count). The van der Waals surface area contributed by atoms with Gasteiger partial charge in [-0.2, -0.15) is 0 Å². The second-order valence-electron chi connectivity index (χ2n) is 5.88. The smallest absolute Gasteiger partial charge is 0.226 e. The molecule has 0 bridgehead atoms. The summed E-state index contributed by atoms with van der Waals surface area (Å²) >= 11 is 0. The molecule has 5 nitrogen and oxygen atoms in total. The molecule has 1 aliphatic heterocycles. The van der Waals surface area contributed by atoms with E-state index in [1.54, 1.807) is 0 Å². The average molecular weight is 266 g/mol. The second-order valence-corrected chi connectivity index (χ2v) is 5.88. The molecule has 106 valence electrons. The van der Waals surface area contributed by atoms with Gasteiger partial charge in [-0.05, 0) is 19.3 Å². The lowest BCUT2D eigenvalue weighted by Gasteiger charge is -2.27. The Bertz CT molecular complexity index is 360. The summed E-state index contributed by atoms with van der Waals surface area (Å²) < 4.78 is 5.24. The Balaban J connectivity index is 1.46. The second kappa shape index (κ2) is 5.49. The fourth-order valence-corrected chi connectivity index (χ4v) is 3.15. The highest BCUT2D eigenvalue weighted by Gasteiger charge is 2.49. The Morgan fingerprint density at radius 3 is 2.42 bits per heavy atom. The molecule has 0 aromatic rings. The van der Waals surface area contributed by atoms with Gasteiger partial charge in [0.15, 0.2) is 0 Å². The summed E-state index contributed by atoms with van der Waals surface area (Å²) in [5.74, 6) is 0.101. The van der Waals surface area contributed by atoms with Gasteiger partial charge in [0.05, 0.1) is 25.0 Å². The predicted octanol–water partition coefficient (Wildman–Crippen LogP) is 0.540. The summed E-state index contributed by atoms with van der Waals surface area (Å²) in [5.41, 5.74) is 0. The molecule has 3 aliphatic rings. The van der Waals surface area contributed by atoms with Crippen LogP contribution in [0.4, 0.5) is 0 Å². The van der Waals surface area contributed by atoms with Crippen molar-refractivity contribution in [1.82, 2.24) is 10.2 Å². The summed E-state index contributed by atoms with van der Waals surface area (Å²) in [4.78, 5) is 26.1. The minimum absolute atomic E-state index is 0.0699. The lowest BCUT2D eigenvalue weighted by Crippen LogP contribution is -2.42. The van der Waals surface area contributed by atoms with Gasteiger partial charge in [-0.3, -0.25) is 9.59 Å². The van der Waals surface area contributed by atoms with Crippen molar-refractivity contribution in [2.75, 3.05) is 26.3 Å². The summed E-state index contributed by atoms with van der Waals surface area (Å²) in [6.45, 7) is 2.59. The molecule has 0 spiro atoms. The van der Waals surface area contributed by atoms with Crippen molar-refractivity contribution >= 4 is 11.8 Å². The van der Waals surface area contributed by atoms with Crippen LogP contribution in [0.1, 0.15) is 32.1 Å². The maximum Gasteiger partial charge on any atom is 0.226 e. The molecule has 0 aromatic heterocycles. The van der Waals surface area contributed by atoms with Gasteiger partial charge in [-0.15, -0.1) is 0 Å². The van der Waals surface area contributed by atoms with E-state index >= 15 is 0 Å². The van der Waals surface area contributed by atoms with Crippen LogP contribution in [0.25, 0.3) is 0 Å². The van der Waals surface area contributed by atoms with E-state index in [2.05, 4.69) is 5.32 Å². The molecule has 2 amide bonds. The van der Waals surface area contributed by atoms with E-state index in [-0.39, 0.29) is 23.7 Å². The Morgan fingerprint density at radius 1 is 1.05 bits per heavy atom. The van der Waals surface area contributed by atoms with Gasteiger partial charge in [0.2, 0.25) is 11.8 Å². The van der Waals surface area contributed by atoms with Crippen molar-refractivity contribution in [2.45, 2.75) is 38.1 Å². The van der Waals surface area contributed by atoms with Gasteiger partial charge in [0.1, 0.15) is 0 Å².